The van der Waals surface area contributed by atoms with Gasteiger partial charge in [0.2, 0.25) is 11.8 Å². The van der Waals surface area contributed by atoms with Crippen LogP contribution in [0.3, 0.4) is 0 Å². The lowest BCUT2D eigenvalue weighted by Crippen LogP contribution is -2.69. The second-order valence-corrected chi connectivity index (χ2v) is 5.64. The van der Waals surface area contributed by atoms with Gasteiger partial charge in [0.15, 0.2) is 0 Å². The van der Waals surface area contributed by atoms with Gasteiger partial charge in [-0.3, -0.25) is 9.59 Å². The fourth-order valence-electron chi connectivity index (χ4n) is 2.54. The first-order chi connectivity index (χ1) is 10.5. The molecule has 2 amide bonds. The number of aliphatic hydroxyl groups is 3. The van der Waals surface area contributed by atoms with Crippen molar-refractivity contribution in [3.63, 3.8) is 0 Å². The number of hydrogen-bond acceptors (Lipinski definition) is 7. The van der Waals surface area contributed by atoms with Crippen molar-refractivity contribution < 1.29 is 39.5 Å². The number of carbonyl (C=O) groups is 3. The SMILES string of the molecule is CC(=O)N[C@@H]1C(O)CC(O)(C(=O)O)OC1[C@H](NC(C)=O)[C@@H](C)O. The topological polar surface area (TPSA) is 165 Å². The van der Waals surface area contributed by atoms with E-state index in [9.17, 15) is 29.7 Å². The second-order valence-electron chi connectivity index (χ2n) is 5.64. The summed E-state index contributed by atoms with van der Waals surface area (Å²) in [6.07, 6.45) is -4.72. The predicted octanol–water partition coefficient (Wildman–Crippen LogP) is -2.70. The fraction of sp³-hybridized carbons (Fsp3) is 0.769. The summed E-state index contributed by atoms with van der Waals surface area (Å²) in [5.74, 6) is -5.50. The Morgan fingerprint density at radius 2 is 1.83 bits per heavy atom. The summed E-state index contributed by atoms with van der Waals surface area (Å²) in [7, 11) is 0. The van der Waals surface area contributed by atoms with Crippen LogP contribution in [0.5, 0.6) is 0 Å². The number of carbonyl (C=O) groups excluding carboxylic acids is 2. The van der Waals surface area contributed by atoms with Crippen molar-refractivity contribution in [1.82, 2.24) is 10.6 Å². The molecule has 3 unspecified atom stereocenters. The van der Waals surface area contributed by atoms with Crippen LogP contribution < -0.4 is 10.6 Å². The van der Waals surface area contributed by atoms with Crippen LogP contribution in [0, 0.1) is 0 Å². The van der Waals surface area contributed by atoms with Gasteiger partial charge in [0.25, 0.3) is 5.79 Å². The Hall–Kier alpha value is -1.75. The molecule has 1 heterocycles. The van der Waals surface area contributed by atoms with E-state index in [1.54, 1.807) is 0 Å². The maximum absolute atomic E-state index is 11.3. The van der Waals surface area contributed by atoms with Gasteiger partial charge in [-0.2, -0.15) is 0 Å². The van der Waals surface area contributed by atoms with E-state index in [2.05, 4.69) is 10.6 Å². The van der Waals surface area contributed by atoms with Crippen LogP contribution in [0.2, 0.25) is 0 Å². The van der Waals surface area contributed by atoms with Gasteiger partial charge < -0.3 is 35.8 Å². The summed E-state index contributed by atoms with van der Waals surface area (Å²) in [6.45, 7) is 3.67. The van der Waals surface area contributed by atoms with Crippen LogP contribution in [0.15, 0.2) is 0 Å². The zero-order chi connectivity index (χ0) is 17.9. The molecule has 1 rings (SSSR count). The Morgan fingerprint density at radius 1 is 1.26 bits per heavy atom. The van der Waals surface area contributed by atoms with Gasteiger partial charge in [0.1, 0.15) is 6.10 Å². The normalized spacial score (nSPS) is 33.4. The molecule has 1 aliphatic rings. The minimum atomic E-state index is -2.70. The highest BCUT2D eigenvalue weighted by molar-refractivity contribution is 5.76. The van der Waals surface area contributed by atoms with E-state index < -0.39 is 60.4 Å². The molecule has 0 saturated carbocycles. The molecule has 0 radical (unpaired) electrons. The first kappa shape index (κ1) is 19.3. The van der Waals surface area contributed by atoms with Crippen molar-refractivity contribution in [3.05, 3.63) is 0 Å². The van der Waals surface area contributed by atoms with Crippen LogP contribution in [-0.2, 0) is 19.1 Å². The molecule has 6 atom stereocenters. The highest BCUT2D eigenvalue weighted by Gasteiger charge is 2.53. The lowest BCUT2D eigenvalue weighted by Gasteiger charge is -2.45. The number of nitrogens with one attached hydrogen (secondary N) is 2. The number of aliphatic carboxylic acids is 1. The molecule has 10 heteroatoms. The standard InChI is InChI=1S/C13H22N2O8/c1-5(16)9(14-6(2)17)11-10(15-7(3)18)8(19)4-13(22,23-11)12(20)21/h5,8-11,16,19,22H,4H2,1-3H3,(H,14,17)(H,15,18)(H,20,21)/t5-,8?,9-,10-,11?,13?/m1/s1. The lowest BCUT2D eigenvalue weighted by molar-refractivity contribution is -0.283. The molecular weight excluding hydrogens is 312 g/mol. The van der Waals surface area contributed by atoms with Crippen molar-refractivity contribution in [2.45, 2.75) is 63.4 Å². The molecule has 0 aliphatic carbocycles. The summed E-state index contributed by atoms with van der Waals surface area (Å²) in [5.41, 5.74) is 0. The van der Waals surface area contributed by atoms with Crippen LogP contribution >= 0.6 is 0 Å². The number of ether oxygens (including phenoxy) is 1. The highest BCUT2D eigenvalue weighted by Crippen LogP contribution is 2.30. The number of amides is 2. The first-order valence-corrected chi connectivity index (χ1v) is 7.02. The van der Waals surface area contributed by atoms with E-state index in [1.807, 2.05) is 0 Å². The van der Waals surface area contributed by atoms with Gasteiger partial charge in [-0.15, -0.1) is 0 Å². The van der Waals surface area contributed by atoms with Crippen LogP contribution in [0.1, 0.15) is 27.2 Å². The fourth-order valence-corrected chi connectivity index (χ4v) is 2.54. The third kappa shape index (κ3) is 4.61. The Labute approximate surface area is 132 Å². The molecule has 10 nitrogen and oxygen atoms in total. The number of aliphatic hydroxyl groups excluding tert-OH is 2. The predicted molar refractivity (Wildman–Crippen MR) is 75.0 cm³/mol. The number of carboxylic acids is 1. The molecule has 1 saturated heterocycles. The van der Waals surface area contributed by atoms with Crippen molar-refractivity contribution >= 4 is 17.8 Å². The zero-order valence-corrected chi connectivity index (χ0v) is 13.0. The van der Waals surface area contributed by atoms with Gasteiger partial charge in [-0.1, -0.05) is 0 Å². The molecule has 0 bridgehead atoms. The Kier molecular flexibility index (Phi) is 6.05. The molecule has 23 heavy (non-hydrogen) atoms. The molecule has 132 valence electrons. The Bertz CT molecular complexity index is 465. The van der Waals surface area contributed by atoms with Crippen molar-refractivity contribution in [2.24, 2.45) is 0 Å². The molecule has 0 aromatic heterocycles. The molecule has 0 aromatic rings. The summed E-state index contributed by atoms with van der Waals surface area (Å²) >= 11 is 0. The van der Waals surface area contributed by atoms with Crippen molar-refractivity contribution in [3.8, 4) is 0 Å². The van der Waals surface area contributed by atoms with Crippen molar-refractivity contribution in [1.29, 1.82) is 0 Å². The van der Waals surface area contributed by atoms with Gasteiger partial charge in [0, 0.05) is 20.3 Å². The smallest absolute Gasteiger partial charge is 0.364 e. The van der Waals surface area contributed by atoms with E-state index in [4.69, 9.17) is 9.84 Å². The van der Waals surface area contributed by atoms with Gasteiger partial charge in [-0.05, 0) is 6.92 Å². The van der Waals surface area contributed by atoms with E-state index in [0.717, 1.165) is 0 Å². The average molecular weight is 334 g/mol. The second kappa shape index (κ2) is 7.21. The van der Waals surface area contributed by atoms with Crippen LogP contribution in [0.4, 0.5) is 0 Å². The van der Waals surface area contributed by atoms with Crippen LogP contribution in [-0.4, -0.2) is 74.4 Å². The minimum Gasteiger partial charge on any atom is -0.477 e. The molecule has 1 fully saturated rings. The van der Waals surface area contributed by atoms with Crippen LogP contribution in [0.25, 0.3) is 0 Å². The summed E-state index contributed by atoms with van der Waals surface area (Å²) < 4.78 is 5.15. The highest BCUT2D eigenvalue weighted by atomic mass is 16.7. The largest absolute Gasteiger partial charge is 0.477 e. The number of hydrogen-bond donors (Lipinski definition) is 6. The summed E-state index contributed by atoms with van der Waals surface area (Å²) in [6, 6.07) is -2.29. The van der Waals surface area contributed by atoms with Crippen molar-refractivity contribution in [2.75, 3.05) is 0 Å². The minimum absolute atomic E-state index is 0.532. The monoisotopic (exact) mass is 334 g/mol. The van der Waals surface area contributed by atoms with E-state index in [-0.39, 0.29) is 0 Å². The Balaban J connectivity index is 3.21. The zero-order valence-electron chi connectivity index (χ0n) is 13.0. The maximum atomic E-state index is 11.3. The number of rotatable bonds is 5. The van der Waals surface area contributed by atoms with E-state index >= 15 is 0 Å². The van der Waals surface area contributed by atoms with Gasteiger partial charge in [0.05, 0.1) is 24.3 Å². The van der Waals surface area contributed by atoms with E-state index in [1.165, 1.54) is 20.8 Å². The van der Waals surface area contributed by atoms with Gasteiger partial charge in [-0.25, -0.2) is 4.79 Å². The number of carboxylic acid groups (broad SMARTS) is 1. The first-order valence-electron chi connectivity index (χ1n) is 7.02. The third-order valence-corrected chi connectivity index (χ3v) is 3.53. The van der Waals surface area contributed by atoms with E-state index in [0.29, 0.717) is 0 Å². The summed E-state index contributed by atoms with van der Waals surface area (Å²) in [5, 5.41) is 43.8. The summed E-state index contributed by atoms with van der Waals surface area (Å²) in [4.78, 5) is 33.8. The quantitative estimate of drug-likeness (QED) is 0.316. The maximum Gasteiger partial charge on any atom is 0.364 e. The average Bonchev–Trinajstić information content (AvgIpc) is 2.38. The molecular formula is C13H22N2O8. The molecule has 6 N–H and O–H groups in total. The van der Waals surface area contributed by atoms with Gasteiger partial charge >= 0.3 is 5.97 Å². The molecule has 1 aliphatic heterocycles. The molecule has 0 spiro atoms. The third-order valence-electron chi connectivity index (χ3n) is 3.53. The molecule has 0 aromatic carbocycles. The lowest BCUT2D eigenvalue weighted by atomic mass is 9.87. The Morgan fingerprint density at radius 3 is 2.22 bits per heavy atom.